The molecule has 31 heavy (non-hydrogen) atoms. The van der Waals surface area contributed by atoms with Gasteiger partial charge in [0.1, 0.15) is 17.2 Å². The largest absolute Gasteiger partial charge is 0.508 e. The van der Waals surface area contributed by atoms with Gasteiger partial charge in [-0.25, -0.2) is 4.79 Å². The minimum absolute atomic E-state index is 0.116. The Morgan fingerprint density at radius 2 is 1.65 bits per heavy atom. The summed E-state index contributed by atoms with van der Waals surface area (Å²) in [5, 5.41) is 20.1. The predicted molar refractivity (Wildman–Crippen MR) is 115 cm³/mol. The lowest BCUT2D eigenvalue weighted by Crippen LogP contribution is -2.21. The Kier molecular flexibility index (Phi) is 7.31. The third-order valence-electron chi connectivity index (χ3n) is 4.04. The van der Waals surface area contributed by atoms with Crippen molar-refractivity contribution in [3.63, 3.8) is 0 Å². The van der Waals surface area contributed by atoms with Gasteiger partial charge in [-0.15, -0.1) is 5.11 Å². The summed E-state index contributed by atoms with van der Waals surface area (Å²) in [6.07, 6.45) is 0. The van der Waals surface area contributed by atoms with E-state index in [0.29, 0.717) is 29.4 Å². The number of carbonyl (C=O) groups is 2. The summed E-state index contributed by atoms with van der Waals surface area (Å²) >= 11 is 0. The van der Waals surface area contributed by atoms with Crippen molar-refractivity contribution in [3.8, 4) is 11.5 Å². The molecule has 0 unspecified atom stereocenters. The third-order valence-corrected chi connectivity index (χ3v) is 4.04. The van der Waals surface area contributed by atoms with E-state index in [1.54, 1.807) is 54.6 Å². The molecule has 3 aromatic carbocycles. The molecule has 0 saturated heterocycles. The van der Waals surface area contributed by atoms with Gasteiger partial charge in [0, 0.05) is 0 Å². The minimum Gasteiger partial charge on any atom is -0.508 e. The number of nitrogens with one attached hydrogen (secondary N) is 1. The van der Waals surface area contributed by atoms with E-state index >= 15 is 0 Å². The smallest absolute Gasteiger partial charge is 0.340 e. The zero-order valence-electron chi connectivity index (χ0n) is 16.8. The molecule has 1 amide bonds. The molecule has 0 aliphatic heterocycles. The molecule has 8 heteroatoms. The van der Waals surface area contributed by atoms with Crippen LogP contribution in [0, 0.1) is 0 Å². The molecule has 3 rings (SSSR count). The molecule has 0 radical (unpaired) electrons. The third kappa shape index (κ3) is 6.14. The summed E-state index contributed by atoms with van der Waals surface area (Å²) < 4.78 is 10.6. The average Bonchev–Trinajstić information content (AvgIpc) is 2.79. The quantitative estimate of drug-likeness (QED) is 0.394. The Hall–Kier alpha value is -4.20. The molecule has 0 aliphatic carbocycles. The lowest BCUT2D eigenvalue weighted by molar-refractivity contribution is -0.119. The van der Waals surface area contributed by atoms with Crippen LogP contribution in [-0.4, -0.2) is 30.2 Å². The number of hydrogen-bond donors (Lipinski definition) is 2. The maximum atomic E-state index is 12.5. The lowest BCUT2D eigenvalue weighted by atomic mass is 10.2. The summed E-state index contributed by atoms with van der Waals surface area (Å²) in [6.45, 7) is 1.83. The van der Waals surface area contributed by atoms with Crippen LogP contribution < -0.4 is 10.1 Å². The first-order chi connectivity index (χ1) is 15.1. The summed E-state index contributed by atoms with van der Waals surface area (Å²) in [4.78, 5) is 24.7. The van der Waals surface area contributed by atoms with Gasteiger partial charge in [-0.2, -0.15) is 5.11 Å². The fourth-order valence-corrected chi connectivity index (χ4v) is 2.61. The van der Waals surface area contributed by atoms with Gasteiger partial charge in [0.2, 0.25) is 0 Å². The second-order valence-corrected chi connectivity index (χ2v) is 6.29. The highest BCUT2D eigenvalue weighted by Gasteiger charge is 2.15. The molecule has 3 aromatic rings. The van der Waals surface area contributed by atoms with Crippen LogP contribution in [0.3, 0.4) is 0 Å². The van der Waals surface area contributed by atoms with Gasteiger partial charge in [0.05, 0.1) is 23.5 Å². The number of phenols is 1. The van der Waals surface area contributed by atoms with Crippen molar-refractivity contribution in [1.82, 2.24) is 0 Å². The molecule has 0 bridgehead atoms. The number of para-hydroxylation sites is 2. The first-order valence-corrected chi connectivity index (χ1v) is 9.55. The number of azo groups is 1. The Morgan fingerprint density at radius 3 is 2.42 bits per heavy atom. The minimum atomic E-state index is -0.700. The molecule has 0 aliphatic rings. The zero-order chi connectivity index (χ0) is 22.1. The van der Waals surface area contributed by atoms with Crippen LogP contribution in [0.15, 0.2) is 83.0 Å². The first-order valence-electron chi connectivity index (χ1n) is 9.55. The second-order valence-electron chi connectivity index (χ2n) is 6.29. The normalized spacial score (nSPS) is 10.6. The number of carbonyl (C=O) groups excluding carboxylic acids is 2. The predicted octanol–water partition coefficient (Wildman–Crippen LogP) is 5.00. The molecule has 2 N–H and O–H groups in total. The Balaban J connectivity index is 1.63. The van der Waals surface area contributed by atoms with E-state index in [1.807, 2.05) is 6.92 Å². The monoisotopic (exact) mass is 419 g/mol. The van der Waals surface area contributed by atoms with Crippen molar-refractivity contribution < 1.29 is 24.2 Å². The Bertz CT molecular complexity index is 1080. The van der Waals surface area contributed by atoms with E-state index in [1.165, 1.54) is 18.2 Å². The number of benzene rings is 3. The van der Waals surface area contributed by atoms with Gasteiger partial charge >= 0.3 is 5.97 Å². The molecule has 0 fully saturated rings. The summed E-state index contributed by atoms with van der Waals surface area (Å²) in [6, 6.07) is 19.7. The van der Waals surface area contributed by atoms with Gasteiger partial charge in [0.15, 0.2) is 6.61 Å². The van der Waals surface area contributed by atoms with Gasteiger partial charge in [-0.05, 0) is 55.5 Å². The zero-order valence-corrected chi connectivity index (χ0v) is 16.8. The van der Waals surface area contributed by atoms with E-state index in [4.69, 9.17) is 9.47 Å². The summed E-state index contributed by atoms with van der Waals surface area (Å²) in [7, 11) is 0. The van der Waals surface area contributed by atoms with Gasteiger partial charge in [0.25, 0.3) is 5.91 Å². The molecular formula is C23H21N3O5. The molecule has 158 valence electrons. The molecule has 0 heterocycles. The van der Waals surface area contributed by atoms with Crippen molar-refractivity contribution in [1.29, 1.82) is 0 Å². The molecule has 0 aromatic heterocycles. The molecule has 0 saturated carbocycles. The number of esters is 1. The standard InChI is InChI=1S/C23H21N3O5/c1-2-30-21-10-6-5-9-20(21)24-22(28)15-31-23(29)18-7-3-4-8-19(18)26-25-16-11-13-17(27)14-12-16/h3-14,27H,2,15H2,1H3,(H,24,28). The van der Waals surface area contributed by atoms with Crippen LogP contribution in [0.4, 0.5) is 17.1 Å². The van der Waals surface area contributed by atoms with Crippen LogP contribution in [0.2, 0.25) is 0 Å². The van der Waals surface area contributed by atoms with E-state index in [-0.39, 0.29) is 11.3 Å². The number of hydrogen-bond acceptors (Lipinski definition) is 7. The van der Waals surface area contributed by atoms with Gasteiger partial charge in [-0.3, -0.25) is 4.79 Å². The topological polar surface area (TPSA) is 110 Å². The Labute approximate surface area is 179 Å². The summed E-state index contributed by atoms with van der Waals surface area (Å²) in [5.41, 5.74) is 1.47. The number of ether oxygens (including phenoxy) is 2. The number of aromatic hydroxyl groups is 1. The van der Waals surface area contributed by atoms with Crippen LogP contribution in [0.25, 0.3) is 0 Å². The fraction of sp³-hybridized carbons (Fsp3) is 0.130. The number of phenolic OH excluding ortho intramolecular Hbond substituents is 1. The van der Waals surface area contributed by atoms with Crippen LogP contribution in [-0.2, 0) is 9.53 Å². The number of amides is 1. The maximum absolute atomic E-state index is 12.5. The molecule has 0 spiro atoms. The van der Waals surface area contributed by atoms with E-state index in [2.05, 4.69) is 15.5 Å². The lowest BCUT2D eigenvalue weighted by Gasteiger charge is -2.11. The van der Waals surface area contributed by atoms with Crippen LogP contribution in [0.5, 0.6) is 11.5 Å². The molecular weight excluding hydrogens is 398 g/mol. The molecule has 8 nitrogen and oxygen atoms in total. The SMILES string of the molecule is CCOc1ccccc1NC(=O)COC(=O)c1ccccc1N=Nc1ccc(O)cc1. The number of anilines is 1. The van der Waals surface area contributed by atoms with Crippen molar-refractivity contribution in [2.45, 2.75) is 6.92 Å². The van der Waals surface area contributed by atoms with E-state index < -0.39 is 18.5 Å². The van der Waals surface area contributed by atoms with Crippen molar-refractivity contribution in [3.05, 3.63) is 78.4 Å². The maximum Gasteiger partial charge on any atom is 0.340 e. The first kappa shape index (κ1) is 21.5. The average molecular weight is 419 g/mol. The van der Waals surface area contributed by atoms with Gasteiger partial charge in [-0.1, -0.05) is 24.3 Å². The highest BCUT2D eigenvalue weighted by atomic mass is 16.5. The fourth-order valence-electron chi connectivity index (χ4n) is 2.61. The van der Waals surface area contributed by atoms with E-state index in [9.17, 15) is 14.7 Å². The van der Waals surface area contributed by atoms with Gasteiger partial charge < -0.3 is 19.9 Å². The van der Waals surface area contributed by atoms with Crippen LogP contribution >= 0.6 is 0 Å². The molecule has 0 atom stereocenters. The highest BCUT2D eigenvalue weighted by Crippen LogP contribution is 2.25. The second kappa shape index (κ2) is 10.5. The number of rotatable bonds is 8. The van der Waals surface area contributed by atoms with E-state index in [0.717, 1.165) is 0 Å². The number of nitrogens with zero attached hydrogens (tertiary/aromatic N) is 2. The summed E-state index contributed by atoms with van der Waals surface area (Å²) in [5.74, 6) is -0.549. The van der Waals surface area contributed by atoms with Crippen LogP contribution in [0.1, 0.15) is 17.3 Å². The van der Waals surface area contributed by atoms with Crippen molar-refractivity contribution in [2.75, 3.05) is 18.5 Å². The Morgan fingerprint density at radius 1 is 0.935 bits per heavy atom. The van der Waals surface area contributed by atoms with Crippen molar-refractivity contribution >= 4 is 28.9 Å². The highest BCUT2D eigenvalue weighted by molar-refractivity contribution is 5.98. The van der Waals surface area contributed by atoms with Crippen molar-refractivity contribution in [2.24, 2.45) is 10.2 Å².